The van der Waals surface area contributed by atoms with E-state index in [1.54, 1.807) is 0 Å². The molecule has 9 aromatic rings. The first-order valence-electron chi connectivity index (χ1n) is 16.6. The molecule has 9 aromatic carbocycles. The molecule has 0 atom stereocenters. The summed E-state index contributed by atoms with van der Waals surface area (Å²) in [5.74, 6) is 0. The maximum Gasteiger partial charge on any atom is -0.00928 e. The van der Waals surface area contributed by atoms with Crippen LogP contribution in [0.25, 0.3) is 88.0 Å². The molecule has 48 heavy (non-hydrogen) atoms. The van der Waals surface area contributed by atoms with Crippen molar-refractivity contribution in [2.24, 2.45) is 0 Å². The molecule has 9 rings (SSSR count). The summed E-state index contributed by atoms with van der Waals surface area (Å²) in [6.45, 7) is 0. The van der Waals surface area contributed by atoms with Crippen LogP contribution in [0.1, 0.15) is 0 Å². The standard InChI is InChI=1S/C48H32/c1-3-13-33(14-4-1)40-29-41(34-15-5-2-6-16-34)31-42(30-40)38-20-12-18-36(28-38)35-17-11-19-37(27-35)39-25-26-47-45-23-8-7-21-43(45)44-22-9-10-24-46(44)48(47)32-39/h1-32H. The van der Waals surface area contributed by atoms with Crippen LogP contribution in [-0.2, 0) is 0 Å². The Morgan fingerprint density at radius 2 is 0.438 bits per heavy atom. The van der Waals surface area contributed by atoms with Gasteiger partial charge in [-0.05, 0) is 124 Å². The van der Waals surface area contributed by atoms with Crippen molar-refractivity contribution in [1.82, 2.24) is 0 Å². The van der Waals surface area contributed by atoms with E-state index in [4.69, 9.17) is 0 Å². The second kappa shape index (κ2) is 11.8. The molecule has 0 bridgehead atoms. The first kappa shape index (κ1) is 28.0. The molecule has 0 aliphatic rings. The van der Waals surface area contributed by atoms with Crippen LogP contribution in [0.3, 0.4) is 0 Å². The lowest BCUT2D eigenvalue weighted by molar-refractivity contribution is 1.55. The molecule has 0 heteroatoms. The van der Waals surface area contributed by atoms with Gasteiger partial charge in [0.1, 0.15) is 0 Å². The summed E-state index contributed by atoms with van der Waals surface area (Å²) in [5.41, 5.74) is 12.1. The number of benzene rings is 9. The Morgan fingerprint density at radius 3 is 0.896 bits per heavy atom. The summed E-state index contributed by atoms with van der Waals surface area (Å²) in [6.07, 6.45) is 0. The van der Waals surface area contributed by atoms with Gasteiger partial charge in [-0.3, -0.25) is 0 Å². The maximum absolute atomic E-state index is 2.37. The van der Waals surface area contributed by atoms with E-state index < -0.39 is 0 Å². The highest BCUT2D eigenvalue weighted by Crippen LogP contribution is 2.38. The Kier molecular flexibility index (Phi) is 6.91. The van der Waals surface area contributed by atoms with Crippen LogP contribution in [-0.4, -0.2) is 0 Å². The minimum atomic E-state index is 1.21. The first-order chi connectivity index (χ1) is 23.8. The van der Waals surface area contributed by atoms with E-state index >= 15 is 0 Å². The van der Waals surface area contributed by atoms with Crippen molar-refractivity contribution >= 4 is 32.3 Å². The highest BCUT2D eigenvalue weighted by molar-refractivity contribution is 6.25. The first-order valence-corrected chi connectivity index (χ1v) is 16.6. The largest absolute Gasteiger partial charge is 0.0622 e. The van der Waals surface area contributed by atoms with Crippen molar-refractivity contribution in [3.8, 4) is 55.6 Å². The molecule has 224 valence electrons. The molecule has 0 saturated carbocycles. The molecule has 0 amide bonds. The van der Waals surface area contributed by atoms with Crippen LogP contribution in [0.2, 0.25) is 0 Å². The van der Waals surface area contributed by atoms with Gasteiger partial charge in [0.25, 0.3) is 0 Å². The topological polar surface area (TPSA) is 0 Å². The molecular weight excluding hydrogens is 577 g/mol. The molecule has 0 N–H and O–H groups in total. The highest BCUT2D eigenvalue weighted by atomic mass is 14.2. The Hall–Kier alpha value is -6.24. The summed E-state index contributed by atoms with van der Waals surface area (Å²) in [4.78, 5) is 0. The molecule has 0 spiro atoms. The summed E-state index contributed by atoms with van der Waals surface area (Å²) in [5, 5.41) is 7.79. The Bertz CT molecular complexity index is 2500. The van der Waals surface area contributed by atoms with Crippen LogP contribution >= 0.6 is 0 Å². The molecule has 0 saturated heterocycles. The molecule has 0 aliphatic heterocycles. The second-order valence-corrected chi connectivity index (χ2v) is 12.5. The predicted molar refractivity (Wildman–Crippen MR) is 206 cm³/mol. The zero-order valence-electron chi connectivity index (χ0n) is 26.5. The van der Waals surface area contributed by atoms with Gasteiger partial charge in [-0.2, -0.15) is 0 Å². The summed E-state index contributed by atoms with van der Waals surface area (Å²) in [7, 11) is 0. The number of rotatable bonds is 5. The van der Waals surface area contributed by atoms with Crippen LogP contribution < -0.4 is 0 Å². The van der Waals surface area contributed by atoms with E-state index in [0.29, 0.717) is 0 Å². The quantitative estimate of drug-likeness (QED) is 0.171. The maximum atomic E-state index is 2.37. The van der Waals surface area contributed by atoms with E-state index in [2.05, 4.69) is 194 Å². The van der Waals surface area contributed by atoms with Crippen molar-refractivity contribution in [2.75, 3.05) is 0 Å². The SMILES string of the molecule is c1ccc(-c2cc(-c3ccccc3)cc(-c3cccc(-c4cccc(-c5ccc6c7ccccc7c7ccccc7c6c5)c4)c3)c2)cc1. The lowest BCUT2D eigenvalue weighted by atomic mass is 9.90. The second-order valence-electron chi connectivity index (χ2n) is 12.5. The highest BCUT2D eigenvalue weighted by Gasteiger charge is 2.12. The van der Waals surface area contributed by atoms with E-state index in [1.165, 1.54) is 88.0 Å². The molecule has 0 radical (unpaired) electrons. The Morgan fingerprint density at radius 1 is 0.146 bits per heavy atom. The summed E-state index contributed by atoms with van der Waals surface area (Å²) in [6, 6.07) is 70.7. The number of fused-ring (bicyclic) bond motifs is 6. The minimum Gasteiger partial charge on any atom is -0.0622 e. The van der Waals surface area contributed by atoms with E-state index in [1.807, 2.05) is 0 Å². The van der Waals surface area contributed by atoms with Gasteiger partial charge < -0.3 is 0 Å². The third kappa shape index (κ3) is 5.05. The van der Waals surface area contributed by atoms with Crippen molar-refractivity contribution in [3.05, 3.63) is 194 Å². The fourth-order valence-corrected chi connectivity index (χ4v) is 7.23. The van der Waals surface area contributed by atoms with Gasteiger partial charge in [-0.25, -0.2) is 0 Å². The van der Waals surface area contributed by atoms with E-state index in [0.717, 1.165) is 0 Å². The van der Waals surface area contributed by atoms with Crippen LogP contribution in [0.5, 0.6) is 0 Å². The Labute approximate surface area is 281 Å². The summed E-state index contributed by atoms with van der Waals surface area (Å²) >= 11 is 0. The molecule has 0 heterocycles. The van der Waals surface area contributed by atoms with Crippen molar-refractivity contribution in [1.29, 1.82) is 0 Å². The average molecular weight is 609 g/mol. The zero-order chi connectivity index (χ0) is 31.9. The fraction of sp³-hybridized carbons (Fsp3) is 0. The van der Waals surface area contributed by atoms with Gasteiger partial charge >= 0.3 is 0 Å². The zero-order valence-corrected chi connectivity index (χ0v) is 26.5. The van der Waals surface area contributed by atoms with Gasteiger partial charge in [-0.15, -0.1) is 0 Å². The molecule has 0 unspecified atom stereocenters. The van der Waals surface area contributed by atoms with Gasteiger partial charge in [0.15, 0.2) is 0 Å². The Balaban J connectivity index is 1.14. The fourth-order valence-electron chi connectivity index (χ4n) is 7.23. The third-order valence-corrected chi connectivity index (χ3v) is 9.62. The lowest BCUT2D eigenvalue weighted by Crippen LogP contribution is -1.87. The molecule has 0 aliphatic carbocycles. The van der Waals surface area contributed by atoms with Crippen molar-refractivity contribution < 1.29 is 0 Å². The average Bonchev–Trinajstić information content (AvgIpc) is 3.18. The van der Waals surface area contributed by atoms with Crippen LogP contribution in [0.15, 0.2) is 194 Å². The van der Waals surface area contributed by atoms with Gasteiger partial charge in [0.2, 0.25) is 0 Å². The predicted octanol–water partition coefficient (Wildman–Crippen LogP) is 13.5. The van der Waals surface area contributed by atoms with Crippen LogP contribution in [0.4, 0.5) is 0 Å². The van der Waals surface area contributed by atoms with E-state index in [9.17, 15) is 0 Å². The lowest BCUT2D eigenvalue weighted by Gasteiger charge is -2.13. The molecule has 0 nitrogen and oxygen atoms in total. The number of hydrogen-bond donors (Lipinski definition) is 0. The molecule has 0 aromatic heterocycles. The van der Waals surface area contributed by atoms with Crippen molar-refractivity contribution in [3.63, 3.8) is 0 Å². The van der Waals surface area contributed by atoms with Gasteiger partial charge in [0, 0.05) is 0 Å². The van der Waals surface area contributed by atoms with Gasteiger partial charge in [0.05, 0.1) is 0 Å². The van der Waals surface area contributed by atoms with Gasteiger partial charge in [-0.1, -0.05) is 158 Å². The molecule has 0 fully saturated rings. The van der Waals surface area contributed by atoms with E-state index in [-0.39, 0.29) is 0 Å². The number of hydrogen-bond acceptors (Lipinski definition) is 0. The van der Waals surface area contributed by atoms with Crippen molar-refractivity contribution in [2.45, 2.75) is 0 Å². The minimum absolute atomic E-state index is 1.21. The van der Waals surface area contributed by atoms with Crippen LogP contribution in [0, 0.1) is 0 Å². The third-order valence-electron chi connectivity index (χ3n) is 9.62. The smallest absolute Gasteiger partial charge is 0.00928 e. The summed E-state index contributed by atoms with van der Waals surface area (Å²) < 4.78 is 0. The normalized spacial score (nSPS) is 11.3. The monoisotopic (exact) mass is 608 g/mol. The molecular formula is C48H32.